The Hall–Kier alpha value is -3.65. The van der Waals surface area contributed by atoms with Gasteiger partial charge in [-0.05, 0) is 42.3 Å². The average molecular weight is 561 g/mol. The molecule has 0 fully saturated rings. The van der Waals surface area contributed by atoms with Crippen molar-refractivity contribution in [1.29, 1.82) is 5.26 Å². The first-order valence-electron chi connectivity index (χ1n) is 10.9. The molecule has 37 heavy (non-hydrogen) atoms. The maximum absolute atomic E-state index is 15.4. The van der Waals surface area contributed by atoms with Gasteiger partial charge in [-0.15, -0.1) is 10.2 Å². The van der Waals surface area contributed by atoms with Crippen LogP contribution in [0.2, 0.25) is 10.0 Å². The Morgan fingerprint density at radius 3 is 2.70 bits per heavy atom. The molecule has 1 aliphatic rings. The number of aromatic nitrogens is 2. The molecule has 0 aliphatic heterocycles. The van der Waals surface area contributed by atoms with Gasteiger partial charge in [-0.3, -0.25) is 0 Å². The maximum atomic E-state index is 15.4. The predicted octanol–water partition coefficient (Wildman–Crippen LogP) is 5.72. The monoisotopic (exact) mass is 560 g/mol. The highest BCUT2D eigenvalue weighted by atomic mass is 35.5. The van der Waals surface area contributed by atoms with E-state index >= 15 is 4.39 Å². The summed E-state index contributed by atoms with van der Waals surface area (Å²) in [6, 6.07) is 9.08. The Morgan fingerprint density at radius 2 is 2.00 bits per heavy atom. The van der Waals surface area contributed by atoms with Crippen LogP contribution in [0.15, 0.2) is 63.6 Å². The van der Waals surface area contributed by atoms with Crippen molar-refractivity contribution in [2.24, 2.45) is 5.73 Å². The van der Waals surface area contributed by atoms with Crippen molar-refractivity contribution < 1.29 is 22.0 Å². The first kappa shape index (κ1) is 26.4. The summed E-state index contributed by atoms with van der Waals surface area (Å²) in [4.78, 5) is -0.0415. The van der Waals surface area contributed by atoms with Crippen LogP contribution < -0.4 is 10.5 Å². The van der Waals surface area contributed by atoms with Crippen molar-refractivity contribution in [3.05, 3.63) is 97.9 Å². The summed E-state index contributed by atoms with van der Waals surface area (Å²) >= 11 is 12.2. The zero-order valence-electron chi connectivity index (χ0n) is 19.4. The number of allylic oxidation sites excluding steroid dienone is 3. The van der Waals surface area contributed by atoms with E-state index in [0.29, 0.717) is 12.0 Å². The van der Waals surface area contributed by atoms with Crippen LogP contribution in [-0.2, 0) is 16.3 Å². The van der Waals surface area contributed by atoms with E-state index < -0.39 is 15.7 Å². The minimum atomic E-state index is -3.60. The van der Waals surface area contributed by atoms with E-state index in [0.717, 1.165) is 0 Å². The van der Waals surface area contributed by atoms with E-state index in [4.69, 9.17) is 43.4 Å². The lowest BCUT2D eigenvalue weighted by Crippen LogP contribution is -2.13. The number of ether oxygens (including phenoxy) is 1. The molecule has 4 rings (SSSR count). The van der Waals surface area contributed by atoms with E-state index in [-0.39, 0.29) is 72.8 Å². The summed E-state index contributed by atoms with van der Waals surface area (Å²) in [7, 11) is -3.60. The van der Waals surface area contributed by atoms with Crippen LogP contribution in [0.4, 0.5) is 4.39 Å². The molecule has 0 atom stereocenters. The van der Waals surface area contributed by atoms with Gasteiger partial charge in [-0.25, -0.2) is 12.8 Å². The summed E-state index contributed by atoms with van der Waals surface area (Å²) in [6.07, 6.45) is 1.67. The molecule has 0 bridgehead atoms. The lowest BCUT2D eigenvalue weighted by atomic mass is 10.1. The Labute approximate surface area is 222 Å². The molecule has 0 amide bonds. The zero-order chi connectivity index (χ0) is 26.9. The van der Waals surface area contributed by atoms with Gasteiger partial charge in [-0.1, -0.05) is 42.8 Å². The number of nitriles is 1. The van der Waals surface area contributed by atoms with Crippen molar-refractivity contribution in [3.8, 4) is 17.6 Å². The lowest BCUT2D eigenvalue weighted by Gasteiger charge is -2.12. The molecule has 8 nitrogen and oxygen atoms in total. The second kappa shape index (κ2) is 10.4. The number of rotatable bonds is 8. The van der Waals surface area contributed by atoms with Crippen molar-refractivity contribution >= 4 is 38.6 Å². The molecule has 12 heteroatoms. The number of halogens is 3. The standard InChI is InChI=1S/C25H19Cl2FN4O4S/c1-3-6-37(33,34)19-7-13(2)21(23(19)30)25-32-31-20(36-25)10-15-4-5-18(27)24(22(15)28)35-17-9-14(12-29)8-16(26)11-17/h4-5,7-9,11H,2-3,6,10,30H2,1H3. The van der Waals surface area contributed by atoms with Gasteiger partial charge in [0, 0.05) is 10.6 Å². The Balaban J connectivity index is 1.61. The second-order valence-corrected chi connectivity index (χ2v) is 11.0. The highest BCUT2D eigenvalue weighted by molar-refractivity contribution is 7.95. The van der Waals surface area contributed by atoms with E-state index in [9.17, 15) is 8.42 Å². The summed E-state index contributed by atoms with van der Waals surface area (Å²) < 4.78 is 51.7. The van der Waals surface area contributed by atoms with Crippen LogP contribution in [-0.4, -0.2) is 24.4 Å². The fourth-order valence-corrected chi connectivity index (χ4v) is 5.62. The molecule has 0 spiro atoms. The molecule has 3 aromatic rings. The molecular formula is C25H19Cl2FN4O4S. The van der Waals surface area contributed by atoms with Gasteiger partial charge in [0.25, 0.3) is 0 Å². The molecule has 1 aromatic heterocycles. The third-order valence-electron chi connectivity index (χ3n) is 5.34. The molecule has 2 N–H and O–H groups in total. The van der Waals surface area contributed by atoms with Gasteiger partial charge in [0.1, 0.15) is 5.75 Å². The van der Waals surface area contributed by atoms with Gasteiger partial charge in [-0.2, -0.15) is 5.26 Å². The fourth-order valence-electron chi connectivity index (χ4n) is 3.69. The van der Waals surface area contributed by atoms with Crippen LogP contribution in [0.5, 0.6) is 11.5 Å². The summed E-state index contributed by atoms with van der Waals surface area (Å²) in [5.41, 5.74) is 6.97. The Kier molecular flexibility index (Phi) is 7.41. The number of hydrogen-bond donors (Lipinski definition) is 1. The molecule has 1 heterocycles. The quantitative estimate of drug-likeness (QED) is 0.370. The fraction of sp³-hybridized carbons (Fsp3) is 0.160. The van der Waals surface area contributed by atoms with Gasteiger partial charge >= 0.3 is 0 Å². The van der Waals surface area contributed by atoms with Crippen molar-refractivity contribution in [1.82, 2.24) is 10.2 Å². The SMILES string of the molecule is C=C1C=C(S(=O)(=O)CCC)C(N)=C1c1nnc(Cc2ccc(Cl)c(Oc3cc(Cl)cc(C#N)c3)c2F)o1. The molecular weight excluding hydrogens is 542 g/mol. The van der Waals surface area contributed by atoms with Crippen LogP contribution in [0.3, 0.4) is 0 Å². The summed E-state index contributed by atoms with van der Waals surface area (Å²) in [5.74, 6) is -0.979. The first-order valence-corrected chi connectivity index (χ1v) is 13.3. The van der Waals surface area contributed by atoms with Crippen LogP contribution in [0, 0.1) is 17.1 Å². The van der Waals surface area contributed by atoms with Gasteiger partial charge in [0.15, 0.2) is 21.4 Å². The van der Waals surface area contributed by atoms with Crippen LogP contribution >= 0.6 is 23.2 Å². The molecule has 0 saturated carbocycles. The predicted molar refractivity (Wildman–Crippen MR) is 137 cm³/mol. The van der Waals surface area contributed by atoms with Gasteiger partial charge in [0.2, 0.25) is 11.8 Å². The highest BCUT2D eigenvalue weighted by Crippen LogP contribution is 2.38. The number of sulfone groups is 1. The van der Waals surface area contributed by atoms with E-state index in [2.05, 4.69) is 16.8 Å². The normalized spacial score (nSPS) is 13.6. The third-order valence-corrected chi connectivity index (χ3v) is 7.81. The molecule has 190 valence electrons. The molecule has 1 aliphatic carbocycles. The second-order valence-electron chi connectivity index (χ2n) is 8.06. The van der Waals surface area contributed by atoms with Gasteiger partial charge < -0.3 is 14.9 Å². The van der Waals surface area contributed by atoms with E-state index in [1.165, 1.54) is 36.4 Å². The van der Waals surface area contributed by atoms with Crippen molar-refractivity contribution in [2.45, 2.75) is 19.8 Å². The van der Waals surface area contributed by atoms with Crippen LogP contribution in [0.25, 0.3) is 5.57 Å². The third kappa shape index (κ3) is 5.39. The topological polar surface area (TPSA) is 132 Å². The number of nitrogens with zero attached hydrogens (tertiary/aromatic N) is 3. The molecule has 0 unspecified atom stereocenters. The largest absolute Gasteiger partial charge is 0.453 e. The van der Waals surface area contributed by atoms with E-state index in [1.807, 2.05) is 6.07 Å². The summed E-state index contributed by atoms with van der Waals surface area (Å²) in [6.45, 7) is 5.59. The maximum Gasteiger partial charge on any atom is 0.250 e. The number of nitrogens with two attached hydrogens (primary N) is 1. The Morgan fingerprint density at radius 1 is 1.24 bits per heavy atom. The summed E-state index contributed by atoms with van der Waals surface area (Å²) in [5, 5.41) is 17.3. The van der Waals surface area contributed by atoms with E-state index in [1.54, 1.807) is 6.92 Å². The van der Waals surface area contributed by atoms with Crippen molar-refractivity contribution in [3.63, 3.8) is 0 Å². The van der Waals surface area contributed by atoms with Gasteiger partial charge in [0.05, 0.1) is 45.0 Å². The average Bonchev–Trinajstić information content (AvgIpc) is 3.41. The van der Waals surface area contributed by atoms with Crippen LogP contribution in [0.1, 0.15) is 36.3 Å². The molecule has 0 radical (unpaired) electrons. The minimum Gasteiger partial charge on any atom is -0.453 e. The smallest absolute Gasteiger partial charge is 0.250 e. The van der Waals surface area contributed by atoms with Crippen molar-refractivity contribution in [2.75, 3.05) is 5.75 Å². The first-order chi connectivity index (χ1) is 17.5. The number of hydrogen-bond acceptors (Lipinski definition) is 8. The molecule has 2 aromatic carbocycles. The Bertz CT molecular complexity index is 1640. The highest BCUT2D eigenvalue weighted by Gasteiger charge is 2.31. The minimum absolute atomic E-state index is 0.00183. The lowest BCUT2D eigenvalue weighted by molar-refractivity contribution is 0.436. The zero-order valence-corrected chi connectivity index (χ0v) is 21.7. The number of benzene rings is 2. The molecule has 0 saturated heterocycles.